The summed E-state index contributed by atoms with van der Waals surface area (Å²) in [6.45, 7) is 30.6. The third kappa shape index (κ3) is 8.14. The molecule has 73 heavy (non-hydrogen) atoms. The molecule has 0 unspecified atom stereocenters. The third-order valence-electron chi connectivity index (χ3n) is 15.3. The maximum Gasteiger partial charge on any atom is 0.254 e. The Morgan fingerprint density at radius 3 is 1.38 bits per heavy atom. The van der Waals surface area contributed by atoms with Crippen molar-refractivity contribution in [2.24, 2.45) is 0 Å². The van der Waals surface area contributed by atoms with Crippen molar-refractivity contribution < 1.29 is 8.78 Å². The fraction of sp³-hybridized carbons (Fsp3) is 0.273. The van der Waals surface area contributed by atoms with Gasteiger partial charge in [0.05, 0.1) is 17.1 Å². The number of aryl methyl sites for hydroxylation is 2. The summed E-state index contributed by atoms with van der Waals surface area (Å²) in [5, 5.41) is 2.30. The van der Waals surface area contributed by atoms with Crippen LogP contribution >= 0.6 is 11.3 Å². The second-order valence-electron chi connectivity index (χ2n) is 24.8. The molecule has 2 aliphatic rings. The Balaban J connectivity index is 1.33. The molecule has 1 aromatic heterocycles. The SMILES string of the molecule is Cc1ccc(N2c3ccc(C(C)(C)C)cc3B3c4c2cc(C(C)(C)C)cc4N(c2ccc(C)cc2F)c2cc(N(c4ccc(C(C)(C)C)cc4)c4ccc(C(C)(C)C)cc4)c4c(sc5ccccc54)c23)c(F)c1. The number of benzene rings is 8. The zero-order valence-electron chi connectivity index (χ0n) is 44.9. The van der Waals surface area contributed by atoms with Crippen LogP contribution in [0.4, 0.5) is 60.0 Å². The summed E-state index contributed by atoms with van der Waals surface area (Å²) in [7, 11) is 0. The van der Waals surface area contributed by atoms with Gasteiger partial charge in [0, 0.05) is 54.3 Å². The van der Waals surface area contributed by atoms with Crippen molar-refractivity contribution in [3.05, 3.63) is 191 Å². The highest BCUT2D eigenvalue weighted by Gasteiger charge is 2.47. The van der Waals surface area contributed by atoms with E-state index < -0.39 is 0 Å². The second-order valence-corrected chi connectivity index (χ2v) is 25.8. The predicted octanol–water partition coefficient (Wildman–Crippen LogP) is 17.7. The van der Waals surface area contributed by atoms with Crippen molar-refractivity contribution in [2.75, 3.05) is 14.7 Å². The molecule has 0 spiro atoms. The molecule has 0 N–H and O–H groups in total. The number of hydrogen-bond acceptors (Lipinski definition) is 4. The number of fused-ring (bicyclic) bond motifs is 8. The van der Waals surface area contributed by atoms with Crippen LogP contribution in [-0.2, 0) is 21.7 Å². The van der Waals surface area contributed by atoms with Crippen LogP contribution in [0, 0.1) is 25.5 Å². The van der Waals surface area contributed by atoms with Crippen molar-refractivity contribution in [1.29, 1.82) is 0 Å². The number of nitrogens with zero attached hydrogens (tertiary/aromatic N) is 3. The monoisotopic (exact) mass is 982 g/mol. The van der Waals surface area contributed by atoms with Gasteiger partial charge in [-0.25, -0.2) is 8.78 Å². The first-order valence-electron chi connectivity index (χ1n) is 25.8. The molecular weight excluding hydrogens is 916 g/mol. The molecule has 0 radical (unpaired) electrons. The molecule has 0 amide bonds. The molecule has 7 heteroatoms. The Morgan fingerprint density at radius 1 is 0.438 bits per heavy atom. The summed E-state index contributed by atoms with van der Waals surface area (Å²) < 4.78 is 36.8. The largest absolute Gasteiger partial charge is 0.310 e. The van der Waals surface area contributed by atoms with E-state index in [1.54, 1.807) is 12.1 Å². The highest BCUT2D eigenvalue weighted by Crippen LogP contribution is 2.53. The standard InChI is InChI=1S/C66H66BF2N3S/c1-39-19-30-52(49(68)33-39)71-51-32-25-43(65(9,10)11)35-48(51)67-60-55(71)36-44(66(12,13)14)37-56(60)72(53-31-20-40(2)34-50(53)69)57-38-54(59-47-17-15-16-18-58(47)73-62(59)61(57)67)70(45-26-21-41(22-27-45)63(3,4)5)46-28-23-42(24-29-46)64(6,7)8/h15-38H,1-14H3. The zero-order valence-corrected chi connectivity index (χ0v) is 45.8. The first kappa shape index (κ1) is 48.6. The van der Waals surface area contributed by atoms with Crippen LogP contribution < -0.4 is 31.1 Å². The van der Waals surface area contributed by atoms with Crippen LogP contribution in [0.25, 0.3) is 20.2 Å². The maximum atomic E-state index is 17.5. The second kappa shape index (κ2) is 16.9. The number of anilines is 9. The minimum absolute atomic E-state index is 0.0406. The lowest BCUT2D eigenvalue weighted by atomic mass is 9.33. The van der Waals surface area contributed by atoms with Crippen LogP contribution in [0.5, 0.6) is 0 Å². The lowest BCUT2D eigenvalue weighted by Gasteiger charge is -2.46. The molecule has 0 saturated heterocycles. The lowest BCUT2D eigenvalue weighted by molar-refractivity contribution is 0.590. The fourth-order valence-corrected chi connectivity index (χ4v) is 12.5. The van der Waals surface area contributed by atoms with Crippen LogP contribution in [0.15, 0.2) is 146 Å². The van der Waals surface area contributed by atoms with Gasteiger partial charge in [0.25, 0.3) is 6.71 Å². The number of rotatable bonds is 5. The highest BCUT2D eigenvalue weighted by molar-refractivity contribution is 7.28. The minimum atomic E-state index is -0.331. The summed E-state index contributed by atoms with van der Waals surface area (Å²) in [4.78, 5) is 6.77. The molecule has 0 fully saturated rings. The molecule has 8 aromatic carbocycles. The van der Waals surface area contributed by atoms with Gasteiger partial charge in [-0.1, -0.05) is 150 Å². The van der Waals surface area contributed by atoms with E-state index in [0.29, 0.717) is 11.4 Å². The number of hydrogen-bond donors (Lipinski definition) is 0. The average molecular weight is 982 g/mol. The van der Waals surface area contributed by atoms with Crippen molar-refractivity contribution >= 4 is 106 Å². The molecule has 368 valence electrons. The van der Waals surface area contributed by atoms with Gasteiger partial charge < -0.3 is 14.7 Å². The molecule has 9 aromatic rings. The Labute approximate surface area is 436 Å². The van der Waals surface area contributed by atoms with Gasteiger partial charge in [-0.3, -0.25) is 0 Å². The van der Waals surface area contributed by atoms with E-state index in [0.717, 1.165) is 88.4 Å². The molecule has 0 aliphatic carbocycles. The lowest BCUT2D eigenvalue weighted by Crippen LogP contribution is -2.62. The molecule has 11 rings (SSSR count). The van der Waals surface area contributed by atoms with Crippen molar-refractivity contribution in [2.45, 2.75) is 119 Å². The Hall–Kier alpha value is -6.70. The van der Waals surface area contributed by atoms with E-state index in [-0.39, 0.29) is 40.0 Å². The zero-order chi connectivity index (χ0) is 51.8. The molecule has 0 atom stereocenters. The Morgan fingerprint density at radius 2 is 0.890 bits per heavy atom. The van der Waals surface area contributed by atoms with Gasteiger partial charge in [-0.15, -0.1) is 11.3 Å². The summed E-state index contributed by atoms with van der Waals surface area (Å²) in [5.41, 5.74) is 16.7. The van der Waals surface area contributed by atoms with Crippen LogP contribution in [0.2, 0.25) is 0 Å². The summed E-state index contributed by atoms with van der Waals surface area (Å²) in [6.07, 6.45) is 0. The first-order valence-corrected chi connectivity index (χ1v) is 26.6. The summed E-state index contributed by atoms with van der Waals surface area (Å²) in [5.74, 6) is -0.600. The van der Waals surface area contributed by atoms with Gasteiger partial charge >= 0.3 is 0 Å². The van der Waals surface area contributed by atoms with E-state index in [2.05, 4.69) is 207 Å². The average Bonchev–Trinajstić information content (AvgIpc) is 3.71. The molecule has 3 heterocycles. The van der Waals surface area contributed by atoms with Crippen molar-refractivity contribution in [3.8, 4) is 0 Å². The third-order valence-corrected chi connectivity index (χ3v) is 16.5. The Kier molecular flexibility index (Phi) is 11.3. The van der Waals surface area contributed by atoms with Crippen LogP contribution in [0.1, 0.15) is 116 Å². The van der Waals surface area contributed by atoms with Gasteiger partial charge in [0.2, 0.25) is 0 Å². The van der Waals surface area contributed by atoms with Gasteiger partial charge in [0.1, 0.15) is 11.6 Å². The van der Waals surface area contributed by atoms with E-state index >= 15 is 8.78 Å². The number of halogens is 2. The Bertz CT molecular complexity index is 3620. The fourth-order valence-electron chi connectivity index (χ4n) is 11.2. The number of thiophene rings is 1. The van der Waals surface area contributed by atoms with E-state index in [1.165, 1.54) is 21.4 Å². The molecule has 0 bridgehead atoms. The predicted molar refractivity (Wildman–Crippen MR) is 312 cm³/mol. The van der Waals surface area contributed by atoms with Gasteiger partial charge in [-0.2, -0.15) is 0 Å². The van der Waals surface area contributed by atoms with Crippen LogP contribution in [-0.4, -0.2) is 6.71 Å². The molecule has 2 aliphatic heterocycles. The van der Waals surface area contributed by atoms with Crippen molar-refractivity contribution in [1.82, 2.24) is 0 Å². The van der Waals surface area contributed by atoms with Crippen molar-refractivity contribution in [3.63, 3.8) is 0 Å². The molecular formula is C66H66BF2N3S. The first-order chi connectivity index (χ1) is 34.4. The van der Waals surface area contributed by atoms with Gasteiger partial charge in [0.15, 0.2) is 0 Å². The molecule has 3 nitrogen and oxygen atoms in total. The minimum Gasteiger partial charge on any atom is -0.310 e. The van der Waals surface area contributed by atoms with Gasteiger partial charge in [-0.05, 0) is 164 Å². The quantitative estimate of drug-likeness (QED) is 0.159. The van der Waals surface area contributed by atoms with E-state index in [4.69, 9.17) is 0 Å². The highest BCUT2D eigenvalue weighted by atomic mass is 32.1. The normalized spacial score (nSPS) is 13.7. The molecule has 0 saturated carbocycles. The maximum absolute atomic E-state index is 17.5. The van der Waals surface area contributed by atoms with E-state index in [9.17, 15) is 0 Å². The summed E-state index contributed by atoms with van der Waals surface area (Å²) in [6, 6.07) is 51.8. The van der Waals surface area contributed by atoms with Crippen LogP contribution in [0.3, 0.4) is 0 Å². The topological polar surface area (TPSA) is 9.72 Å². The smallest absolute Gasteiger partial charge is 0.254 e. The van der Waals surface area contributed by atoms with E-state index in [1.807, 2.05) is 49.4 Å². The summed E-state index contributed by atoms with van der Waals surface area (Å²) >= 11 is 1.81.